The Balaban J connectivity index is 1.69. The minimum Gasteiger partial charge on any atom is -0.455 e. The predicted octanol–water partition coefficient (Wildman–Crippen LogP) is 5.49. The Bertz CT molecular complexity index is 996. The van der Waals surface area contributed by atoms with Crippen molar-refractivity contribution in [2.75, 3.05) is 0 Å². The third-order valence-corrected chi connectivity index (χ3v) is 4.04. The molecule has 0 aliphatic heterocycles. The highest BCUT2D eigenvalue weighted by Crippen LogP contribution is 2.32. The zero-order valence-corrected chi connectivity index (χ0v) is 15.2. The summed E-state index contributed by atoms with van der Waals surface area (Å²) in [4.78, 5) is 12.0. The molecule has 4 nitrogen and oxygen atoms in total. The van der Waals surface area contributed by atoms with E-state index in [1.807, 2.05) is 0 Å². The molecule has 0 aliphatic carbocycles. The van der Waals surface area contributed by atoms with Gasteiger partial charge in [-0.25, -0.2) is 5.43 Å². The predicted molar refractivity (Wildman–Crippen MR) is 98.3 cm³/mol. The van der Waals surface area contributed by atoms with E-state index in [0.29, 0.717) is 11.1 Å². The van der Waals surface area contributed by atoms with E-state index in [1.165, 1.54) is 24.4 Å². The fourth-order valence-electron chi connectivity index (χ4n) is 2.27. The molecule has 0 radical (unpaired) electrons. The third-order valence-electron chi connectivity index (χ3n) is 3.55. The van der Waals surface area contributed by atoms with Crippen LogP contribution in [0.5, 0.6) is 0 Å². The maximum Gasteiger partial charge on any atom is 0.416 e. The molecule has 3 aromatic rings. The van der Waals surface area contributed by atoms with E-state index in [4.69, 9.17) is 4.42 Å². The highest BCUT2D eigenvalue weighted by molar-refractivity contribution is 9.10. The van der Waals surface area contributed by atoms with Gasteiger partial charge in [-0.1, -0.05) is 34.1 Å². The standard InChI is InChI=1S/C19H12BrF3N2O2/c20-15-6-2-4-13(10-15)18(26)25-24-11-16-7-8-17(27-16)12-3-1-5-14(9-12)19(21,22)23/h1-11H,(H,25,26)/b24-11+. The van der Waals surface area contributed by atoms with Gasteiger partial charge in [0, 0.05) is 15.6 Å². The molecule has 0 saturated carbocycles. The van der Waals surface area contributed by atoms with Crippen molar-refractivity contribution in [1.82, 2.24) is 5.43 Å². The molecule has 8 heteroatoms. The highest BCUT2D eigenvalue weighted by Gasteiger charge is 2.30. The van der Waals surface area contributed by atoms with Crippen LogP contribution < -0.4 is 5.43 Å². The second-order valence-electron chi connectivity index (χ2n) is 5.49. The minimum atomic E-state index is -4.43. The number of hydrazone groups is 1. The molecule has 0 spiro atoms. The van der Waals surface area contributed by atoms with Crippen molar-refractivity contribution in [3.63, 3.8) is 0 Å². The van der Waals surface area contributed by atoms with Crippen LogP contribution >= 0.6 is 15.9 Å². The number of rotatable bonds is 4. The molecule has 1 aromatic heterocycles. The molecule has 0 aliphatic rings. The van der Waals surface area contributed by atoms with Crippen molar-refractivity contribution in [3.8, 4) is 11.3 Å². The molecular formula is C19H12BrF3N2O2. The number of benzene rings is 2. The summed E-state index contributed by atoms with van der Waals surface area (Å²) < 4.78 is 44.6. The normalized spacial score (nSPS) is 11.7. The smallest absolute Gasteiger partial charge is 0.416 e. The number of hydrogen-bond donors (Lipinski definition) is 1. The second-order valence-corrected chi connectivity index (χ2v) is 6.41. The Labute approximate surface area is 160 Å². The number of furan rings is 1. The zero-order chi connectivity index (χ0) is 19.4. The topological polar surface area (TPSA) is 54.6 Å². The first-order valence-electron chi connectivity index (χ1n) is 7.69. The van der Waals surface area contributed by atoms with E-state index in [0.717, 1.165) is 16.6 Å². The fourth-order valence-corrected chi connectivity index (χ4v) is 2.67. The van der Waals surface area contributed by atoms with E-state index < -0.39 is 17.6 Å². The number of nitrogens with one attached hydrogen (secondary N) is 1. The molecule has 138 valence electrons. The summed E-state index contributed by atoms with van der Waals surface area (Å²) >= 11 is 3.27. The maximum atomic E-state index is 12.8. The van der Waals surface area contributed by atoms with Gasteiger partial charge in [-0.15, -0.1) is 0 Å². The number of carbonyl (C=O) groups excluding carboxylic acids is 1. The molecule has 2 aromatic carbocycles. The van der Waals surface area contributed by atoms with Crippen molar-refractivity contribution >= 4 is 28.1 Å². The first-order chi connectivity index (χ1) is 12.8. The molecule has 3 rings (SSSR count). The SMILES string of the molecule is O=C(N/N=C/c1ccc(-c2cccc(C(F)(F)F)c2)o1)c1cccc(Br)c1. The summed E-state index contributed by atoms with van der Waals surface area (Å²) in [6.07, 6.45) is -3.16. The van der Waals surface area contributed by atoms with Gasteiger partial charge in [0.05, 0.1) is 11.8 Å². The summed E-state index contributed by atoms with van der Waals surface area (Å²) in [5.41, 5.74) is 2.31. The summed E-state index contributed by atoms with van der Waals surface area (Å²) in [6, 6.07) is 14.7. The van der Waals surface area contributed by atoms with Gasteiger partial charge < -0.3 is 4.42 Å². The Morgan fingerprint density at radius 3 is 2.59 bits per heavy atom. The first kappa shape index (κ1) is 18.9. The Morgan fingerprint density at radius 1 is 1.07 bits per heavy atom. The van der Waals surface area contributed by atoms with Gasteiger partial charge in [-0.05, 0) is 42.5 Å². The molecule has 1 heterocycles. The summed E-state index contributed by atoms with van der Waals surface area (Å²) in [7, 11) is 0. The highest BCUT2D eigenvalue weighted by atomic mass is 79.9. The number of carbonyl (C=O) groups is 1. The van der Waals surface area contributed by atoms with Crippen molar-refractivity contribution in [1.29, 1.82) is 0 Å². The van der Waals surface area contributed by atoms with E-state index in [2.05, 4.69) is 26.5 Å². The van der Waals surface area contributed by atoms with Gasteiger partial charge in [-0.2, -0.15) is 18.3 Å². The monoisotopic (exact) mass is 436 g/mol. The van der Waals surface area contributed by atoms with Gasteiger partial charge >= 0.3 is 6.18 Å². The molecule has 0 saturated heterocycles. The third kappa shape index (κ3) is 4.85. The van der Waals surface area contributed by atoms with Gasteiger partial charge in [0.25, 0.3) is 5.91 Å². The van der Waals surface area contributed by atoms with Crippen LogP contribution in [0.3, 0.4) is 0 Å². The van der Waals surface area contributed by atoms with Crippen LogP contribution in [0.4, 0.5) is 13.2 Å². The van der Waals surface area contributed by atoms with E-state index in [1.54, 1.807) is 30.3 Å². The second kappa shape index (κ2) is 7.79. The number of amides is 1. The average Bonchev–Trinajstić information content (AvgIpc) is 3.10. The zero-order valence-electron chi connectivity index (χ0n) is 13.6. The van der Waals surface area contributed by atoms with Gasteiger partial charge in [0.15, 0.2) is 0 Å². The van der Waals surface area contributed by atoms with Crippen LogP contribution in [0, 0.1) is 0 Å². The molecule has 27 heavy (non-hydrogen) atoms. The van der Waals surface area contributed by atoms with Crippen LogP contribution in [0.15, 0.2) is 74.7 Å². The molecule has 0 unspecified atom stereocenters. The van der Waals surface area contributed by atoms with E-state index >= 15 is 0 Å². The van der Waals surface area contributed by atoms with Crippen LogP contribution in [-0.2, 0) is 6.18 Å². The minimum absolute atomic E-state index is 0.265. The number of hydrogen-bond acceptors (Lipinski definition) is 3. The number of halogens is 4. The lowest BCUT2D eigenvalue weighted by Crippen LogP contribution is -2.17. The van der Waals surface area contributed by atoms with Crippen molar-refractivity contribution < 1.29 is 22.4 Å². The van der Waals surface area contributed by atoms with E-state index in [9.17, 15) is 18.0 Å². The van der Waals surface area contributed by atoms with E-state index in [-0.39, 0.29) is 11.5 Å². The Kier molecular flexibility index (Phi) is 5.46. The van der Waals surface area contributed by atoms with Crippen LogP contribution in [0.25, 0.3) is 11.3 Å². The average molecular weight is 437 g/mol. The van der Waals surface area contributed by atoms with Crippen molar-refractivity contribution in [2.24, 2.45) is 5.10 Å². The molecular weight excluding hydrogens is 425 g/mol. The van der Waals surface area contributed by atoms with Crippen molar-refractivity contribution in [3.05, 3.63) is 82.0 Å². The number of alkyl halides is 3. The van der Waals surface area contributed by atoms with Gasteiger partial charge in [0.1, 0.15) is 11.5 Å². The lowest BCUT2D eigenvalue weighted by atomic mass is 10.1. The Hall–Kier alpha value is -2.87. The van der Waals surface area contributed by atoms with Crippen LogP contribution in [0.2, 0.25) is 0 Å². The first-order valence-corrected chi connectivity index (χ1v) is 8.49. The van der Waals surface area contributed by atoms with Crippen molar-refractivity contribution in [2.45, 2.75) is 6.18 Å². The summed E-state index contributed by atoms with van der Waals surface area (Å²) in [6.45, 7) is 0. The number of nitrogens with zero attached hydrogens (tertiary/aromatic N) is 1. The molecule has 0 bridgehead atoms. The molecule has 1 amide bonds. The molecule has 1 N–H and O–H groups in total. The Morgan fingerprint density at radius 2 is 1.85 bits per heavy atom. The maximum absolute atomic E-state index is 12.8. The largest absolute Gasteiger partial charge is 0.455 e. The lowest BCUT2D eigenvalue weighted by Gasteiger charge is -2.07. The quantitative estimate of drug-likeness (QED) is 0.434. The van der Waals surface area contributed by atoms with Gasteiger partial charge in [0.2, 0.25) is 0 Å². The summed E-state index contributed by atoms with van der Waals surface area (Å²) in [5, 5.41) is 3.80. The van der Waals surface area contributed by atoms with Crippen LogP contribution in [-0.4, -0.2) is 12.1 Å². The van der Waals surface area contributed by atoms with Crippen LogP contribution in [0.1, 0.15) is 21.7 Å². The fraction of sp³-hybridized carbons (Fsp3) is 0.0526. The lowest BCUT2D eigenvalue weighted by molar-refractivity contribution is -0.137. The molecule has 0 fully saturated rings. The summed E-state index contributed by atoms with van der Waals surface area (Å²) in [5.74, 6) is 0.148. The van der Waals surface area contributed by atoms with Gasteiger partial charge in [-0.3, -0.25) is 4.79 Å². The molecule has 0 atom stereocenters.